The molecule has 0 fully saturated rings. The van der Waals surface area contributed by atoms with Gasteiger partial charge in [0, 0.05) is 55.4 Å². The monoisotopic (exact) mass is 1860 g/mol. The molecule has 21 aromatic rings. The molecule has 0 N–H and O–H groups in total. The van der Waals surface area contributed by atoms with E-state index in [9.17, 15) is 0 Å². The molecule has 661 valence electrons. The van der Waals surface area contributed by atoms with E-state index in [2.05, 4.69) is 234 Å². The second-order valence-corrected chi connectivity index (χ2v) is 36.0. The molecule has 5 aromatic heterocycles. The molecule has 0 aliphatic heterocycles. The fourth-order valence-corrected chi connectivity index (χ4v) is 18.7. The summed E-state index contributed by atoms with van der Waals surface area (Å²) in [6.07, 6.45) is 0. The lowest BCUT2D eigenvalue weighted by molar-refractivity contribution is 0.460. The first-order chi connectivity index (χ1) is 67.1. The summed E-state index contributed by atoms with van der Waals surface area (Å²) in [7, 11) is 0. The maximum Gasteiger partial charge on any atom is 0.881 e. The van der Waals surface area contributed by atoms with Crippen molar-refractivity contribution in [3.63, 3.8) is 0 Å². The van der Waals surface area contributed by atoms with E-state index in [0.29, 0.717) is 0 Å². The van der Waals surface area contributed by atoms with Gasteiger partial charge in [0.25, 0.3) is 0 Å². The summed E-state index contributed by atoms with van der Waals surface area (Å²) in [5.41, 5.74) is 24.9. The Morgan fingerprint density at radius 2 is 0.453 bits per heavy atom. The molecule has 0 spiro atoms. The maximum absolute atomic E-state index is 5.95. The van der Waals surface area contributed by atoms with E-state index >= 15 is 0 Å². The molecular formula is C117H93Al5N5O10. The Bertz CT molecular complexity index is 7650. The fourth-order valence-electron chi connectivity index (χ4n) is 15.7. The van der Waals surface area contributed by atoms with Crippen LogP contribution >= 0.6 is 0 Å². The quantitative estimate of drug-likeness (QED) is 0.0498. The Morgan fingerprint density at radius 1 is 0.168 bits per heavy atom. The Balaban J connectivity index is 0.000000119. The highest BCUT2D eigenvalue weighted by atomic mass is 27.2. The molecule has 0 bridgehead atoms. The molecule has 20 heteroatoms. The molecule has 21 rings (SSSR count). The van der Waals surface area contributed by atoms with E-state index in [4.69, 9.17) is 37.9 Å². The Morgan fingerprint density at radius 3 is 0.854 bits per heavy atom. The van der Waals surface area contributed by atoms with Crippen LogP contribution in [-0.2, 0) is 0 Å². The number of nitrogens with zero attached hydrogens (tertiary/aromatic N) is 5. The zero-order valence-electron chi connectivity index (χ0n) is 77.0. The standard InChI is InChI=1S/C16H12O.C14H14O.3C12H10O.C11H11NO.4C10H9NO.5Al/c17-14-10-8-13(9-11-14)16-7-3-5-12-4-1-2-6-15(12)16;1-10-7-11(2)9-13(8-10)12-3-5-14(15)6-4-12;13-12-8-4-7-11(9-12)10-5-2-1-3-6-10;2*13-12-8-6-11(7-9-12)10-4-2-1-3-5-10;1-7-6-8(2)12-11-9(7)4-3-5-10(11)13;4*1-7-5-6-8-3-2-4-9(12)10(8)11-7;;;;;/h1-11,17H;3-9,15H,1-2H3;3*1-9,13H;3-6,13H,1-2H3;4*2-6,12H,1H3;;;;;/q;;;;;;;;;;5*+2/p-10. The number of aromatic nitrogens is 5. The SMILES string of the molecule is Cc1cc(C)c2cccc([O][Al][O]c3ccc(-c4ccccc4)cc3)c2n1.Cc1cc(C)cc(-c2ccc([O][Al][O]c3cccc4ccc(C)nc34)cc2)c1.Cc1ccc2cccc([O][Al][O]c3ccc(-c4cccc5ccccc45)cc3)c2n1.Cc1ccc2cccc([O][Al][O]c3ccc(-c4ccccc4)cc3)c2n1.Cc1ccc2cccc([O][Al][O]c3cccc(-c4ccccc4)c3)c2n1. The molecule has 0 aliphatic rings. The van der Waals surface area contributed by atoms with Crippen molar-refractivity contribution in [2.75, 3.05) is 0 Å². The summed E-state index contributed by atoms with van der Waals surface area (Å²) in [6, 6.07) is 141. The number of benzene rings is 16. The number of hydrogen-bond donors (Lipinski definition) is 0. The molecule has 0 saturated carbocycles. The van der Waals surface area contributed by atoms with Gasteiger partial charge < -0.3 is 37.9 Å². The summed E-state index contributed by atoms with van der Waals surface area (Å²) in [6.45, 7) is 16.3. The highest BCUT2D eigenvalue weighted by Crippen LogP contribution is 2.36. The average molecular weight is 1860 g/mol. The van der Waals surface area contributed by atoms with Gasteiger partial charge >= 0.3 is 79.4 Å². The molecule has 0 atom stereocenters. The second-order valence-electron chi connectivity index (χ2n) is 32.6. The number of pyridine rings is 5. The van der Waals surface area contributed by atoms with Crippen molar-refractivity contribution in [1.82, 2.24) is 24.9 Å². The van der Waals surface area contributed by atoms with Crippen molar-refractivity contribution in [2.24, 2.45) is 0 Å². The van der Waals surface area contributed by atoms with Crippen LogP contribution in [0.25, 0.3) is 121 Å². The second kappa shape index (κ2) is 46.6. The first kappa shape index (κ1) is 94.3. The van der Waals surface area contributed by atoms with Crippen LogP contribution in [-0.4, -0.2) is 104 Å². The maximum atomic E-state index is 5.95. The van der Waals surface area contributed by atoms with E-state index in [0.717, 1.165) is 146 Å². The normalized spacial score (nSPS) is 10.6. The first-order valence-electron chi connectivity index (χ1n) is 45.0. The zero-order valence-corrected chi connectivity index (χ0v) is 82.8. The van der Waals surface area contributed by atoms with Crippen molar-refractivity contribution in [3.05, 3.63) is 464 Å². The van der Waals surface area contributed by atoms with Crippen LogP contribution in [0, 0.1) is 55.4 Å². The lowest BCUT2D eigenvalue weighted by atomic mass is 9.98. The van der Waals surface area contributed by atoms with Crippen molar-refractivity contribution >= 4 is 145 Å². The van der Waals surface area contributed by atoms with Gasteiger partial charge in [-0.25, -0.2) is 24.9 Å². The van der Waals surface area contributed by atoms with Gasteiger partial charge in [0.2, 0.25) is 0 Å². The number of para-hydroxylation sites is 5. The predicted molar refractivity (Wildman–Crippen MR) is 559 cm³/mol. The number of aryl methyl sites for hydroxylation is 8. The molecular weight excluding hydrogens is 1770 g/mol. The third-order valence-electron chi connectivity index (χ3n) is 22.5. The van der Waals surface area contributed by atoms with E-state index in [1.54, 1.807) is 0 Å². The summed E-state index contributed by atoms with van der Waals surface area (Å²) < 4.78 is 58.9. The van der Waals surface area contributed by atoms with Gasteiger partial charge in [-0.3, -0.25) is 0 Å². The van der Waals surface area contributed by atoms with Gasteiger partial charge in [0.05, 0.1) is 28.7 Å². The van der Waals surface area contributed by atoms with Crippen LogP contribution in [0.5, 0.6) is 57.5 Å². The number of rotatable bonds is 25. The Hall–Kier alpha value is -14.5. The highest BCUT2D eigenvalue weighted by molar-refractivity contribution is 6.23. The van der Waals surface area contributed by atoms with Crippen LogP contribution in [0.4, 0.5) is 0 Å². The van der Waals surface area contributed by atoms with Gasteiger partial charge in [-0.1, -0.05) is 308 Å². The number of fused-ring (bicyclic) bond motifs is 6. The van der Waals surface area contributed by atoms with Crippen molar-refractivity contribution in [2.45, 2.75) is 55.4 Å². The Labute approximate surface area is 832 Å². The topological polar surface area (TPSA) is 157 Å². The largest absolute Gasteiger partial charge is 0.881 e. The van der Waals surface area contributed by atoms with Crippen LogP contribution in [0.3, 0.4) is 0 Å². The third kappa shape index (κ3) is 25.6. The third-order valence-corrected chi connectivity index (χ3v) is 26.0. The molecule has 0 amide bonds. The lowest BCUT2D eigenvalue weighted by Crippen LogP contribution is -2.11. The van der Waals surface area contributed by atoms with E-state index in [1.807, 2.05) is 265 Å². The zero-order chi connectivity index (χ0) is 94.0. The number of hydrogen-bond acceptors (Lipinski definition) is 15. The first-order valence-corrected chi connectivity index (χ1v) is 49.7. The smallest absolute Gasteiger partial charge is 0.616 e. The van der Waals surface area contributed by atoms with Crippen LogP contribution in [0.15, 0.2) is 419 Å². The summed E-state index contributed by atoms with van der Waals surface area (Å²) >= 11 is -3.38. The van der Waals surface area contributed by atoms with Crippen molar-refractivity contribution in [1.29, 1.82) is 0 Å². The molecule has 0 aliphatic carbocycles. The molecule has 5 heterocycles. The van der Waals surface area contributed by atoms with E-state index < -0.39 is 79.4 Å². The molecule has 0 saturated heterocycles. The van der Waals surface area contributed by atoms with Crippen LogP contribution in [0.1, 0.15) is 45.2 Å². The van der Waals surface area contributed by atoms with Gasteiger partial charge in [0.15, 0.2) is 0 Å². The summed E-state index contributed by atoms with van der Waals surface area (Å²) in [4.78, 5) is 23.0. The minimum atomic E-state index is -0.690. The minimum absolute atomic E-state index is 0.665. The van der Waals surface area contributed by atoms with Crippen LogP contribution in [0.2, 0.25) is 0 Å². The molecule has 16 aromatic carbocycles. The summed E-state index contributed by atoms with van der Waals surface area (Å²) in [5.74, 6) is 7.88. The van der Waals surface area contributed by atoms with Gasteiger partial charge in [0.1, 0.15) is 56.3 Å². The average Bonchev–Trinajstić information content (AvgIpc) is 0.819. The van der Waals surface area contributed by atoms with Gasteiger partial charge in [-0.05, 0) is 249 Å². The summed E-state index contributed by atoms with van der Waals surface area (Å²) in [5, 5.41) is 7.88. The highest BCUT2D eigenvalue weighted by Gasteiger charge is 2.18. The molecule has 5 radical (unpaired) electrons. The predicted octanol–water partition coefficient (Wildman–Crippen LogP) is 28.1. The van der Waals surface area contributed by atoms with Crippen LogP contribution < -0.4 is 37.9 Å². The molecule has 137 heavy (non-hydrogen) atoms. The molecule has 15 nitrogen and oxygen atoms in total. The van der Waals surface area contributed by atoms with E-state index in [1.165, 1.54) is 77.5 Å². The van der Waals surface area contributed by atoms with Crippen molar-refractivity contribution < 1.29 is 37.9 Å². The van der Waals surface area contributed by atoms with Crippen molar-refractivity contribution in [3.8, 4) is 113 Å². The Kier molecular flexibility index (Phi) is 32.1. The van der Waals surface area contributed by atoms with Gasteiger partial charge in [-0.15, -0.1) is 0 Å². The molecule has 0 unspecified atom stereocenters. The fraction of sp³-hybridized carbons (Fsp3) is 0.0684. The minimum Gasteiger partial charge on any atom is -0.616 e. The van der Waals surface area contributed by atoms with E-state index in [-0.39, 0.29) is 0 Å². The van der Waals surface area contributed by atoms with Gasteiger partial charge in [-0.2, -0.15) is 0 Å². The lowest BCUT2D eigenvalue weighted by Gasteiger charge is -2.12.